The van der Waals surface area contributed by atoms with E-state index in [4.69, 9.17) is 4.74 Å². The maximum absolute atomic E-state index is 14.4. The maximum atomic E-state index is 14.4. The van der Waals surface area contributed by atoms with Gasteiger partial charge in [-0.1, -0.05) is 48.4 Å². The summed E-state index contributed by atoms with van der Waals surface area (Å²) >= 11 is 0. The van der Waals surface area contributed by atoms with Gasteiger partial charge in [0.1, 0.15) is 23.4 Å². The number of rotatable bonds is 10. The van der Waals surface area contributed by atoms with Crippen LogP contribution in [0.4, 0.5) is 4.79 Å². The number of hydrogen-bond acceptors (Lipinski definition) is 5. The number of nitrogens with zero attached hydrogens (tertiary/aromatic N) is 1. The second-order valence-corrected chi connectivity index (χ2v) is 11.6. The van der Waals surface area contributed by atoms with Crippen LogP contribution in [0.2, 0.25) is 0 Å². The largest absolute Gasteiger partial charge is 0.508 e. The summed E-state index contributed by atoms with van der Waals surface area (Å²) in [5.41, 5.74) is 2.65. The lowest BCUT2D eigenvalue weighted by Crippen LogP contribution is -2.56. The Balaban J connectivity index is 2.63. The van der Waals surface area contributed by atoms with E-state index in [1.165, 1.54) is 12.1 Å². The van der Waals surface area contributed by atoms with Crippen LogP contribution in [0.15, 0.2) is 42.5 Å². The molecule has 0 aromatic heterocycles. The SMILES string of the molecule is CCC(C)N(C(=O)C(Cc1ccc(O)cc1)NC(=O)OC(C)(C)C)C(C(=O)NC(C)C)c1cc(C)cc(C)c1. The molecule has 3 amide bonds. The van der Waals surface area contributed by atoms with E-state index in [9.17, 15) is 19.5 Å². The van der Waals surface area contributed by atoms with Crippen LogP contribution in [-0.4, -0.2) is 51.6 Å². The van der Waals surface area contributed by atoms with Gasteiger partial charge in [0, 0.05) is 18.5 Å². The number of alkyl carbamates (subject to hydrolysis) is 1. The fraction of sp³-hybridized carbons (Fsp3) is 0.516. The van der Waals surface area contributed by atoms with Crippen LogP contribution < -0.4 is 10.6 Å². The standard InChI is InChI=1S/C31H45N3O5/c1-10-22(6)34(27(28(36)32-19(2)3)24-16-20(4)15-21(5)17-24)29(37)26(33-30(38)39-31(7,8)9)18-23-11-13-25(35)14-12-23/h11-17,19,22,26-27,35H,10,18H2,1-9H3,(H,32,36)(H,33,38). The zero-order valence-electron chi connectivity index (χ0n) is 24.8. The monoisotopic (exact) mass is 539 g/mol. The summed E-state index contributed by atoms with van der Waals surface area (Å²) in [5.74, 6) is -0.584. The topological polar surface area (TPSA) is 108 Å². The molecule has 0 aliphatic carbocycles. The summed E-state index contributed by atoms with van der Waals surface area (Å²) < 4.78 is 5.48. The number of phenolic OH excluding ortho intramolecular Hbond substituents is 1. The highest BCUT2D eigenvalue weighted by atomic mass is 16.6. The molecular formula is C31H45N3O5. The van der Waals surface area contributed by atoms with Crippen LogP contribution in [0, 0.1) is 13.8 Å². The normalized spacial score (nSPS) is 13.8. The number of carbonyl (C=O) groups excluding carboxylic acids is 3. The molecule has 214 valence electrons. The summed E-state index contributed by atoms with van der Waals surface area (Å²) in [4.78, 5) is 42.6. The Hall–Kier alpha value is -3.55. The Bertz CT molecular complexity index is 1120. The van der Waals surface area contributed by atoms with Crippen molar-refractivity contribution < 1.29 is 24.2 Å². The number of aryl methyl sites for hydroxylation is 2. The van der Waals surface area contributed by atoms with E-state index in [1.807, 2.05) is 59.7 Å². The third-order valence-electron chi connectivity index (χ3n) is 6.20. The number of aromatic hydroxyl groups is 1. The molecule has 0 fully saturated rings. The minimum Gasteiger partial charge on any atom is -0.508 e. The first kappa shape index (κ1) is 31.7. The molecule has 39 heavy (non-hydrogen) atoms. The van der Waals surface area contributed by atoms with Gasteiger partial charge >= 0.3 is 6.09 Å². The number of amides is 3. The molecule has 0 saturated carbocycles. The number of carbonyl (C=O) groups is 3. The zero-order chi connectivity index (χ0) is 29.5. The third-order valence-corrected chi connectivity index (χ3v) is 6.20. The van der Waals surface area contributed by atoms with E-state index >= 15 is 0 Å². The average molecular weight is 540 g/mol. The van der Waals surface area contributed by atoms with Crippen molar-refractivity contribution in [2.45, 2.75) is 105 Å². The quantitative estimate of drug-likeness (QED) is 0.378. The highest BCUT2D eigenvalue weighted by Gasteiger charge is 2.39. The molecule has 0 bridgehead atoms. The Morgan fingerprint density at radius 1 is 0.949 bits per heavy atom. The minimum atomic E-state index is -1.02. The third kappa shape index (κ3) is 9.61. The second-order valence-electron chi connectivity index (χ2n) is 11.6. The van der Waals surface area contributed by atoms with Crippen LogP contribution in [0.1, 0.15) is 83.2 Å². The van der Waals surface area contributed by atoms with Crippen LogP contribution in [0.5, 0.6) is 5.75 Å². The van der Waals surface area contributed by atoms with E-state index in [0.29, 0.717) is 12.0 Å². The molecule has 3 unspecified atom stereocenters. The van der Waals surface area contributed by atoms with Gasteiger partial charge in [-0.15, -0.1) is 0 Å². The zero-order valence-corrected chi connectivity index (χ0v) is 24.8. The fourth-order valence-corrected chi connectivity index (χ4v) is 4.46. The number of hydrogen-bond donors (Lipinski definition) is 3. The highest BCUT2D eigenvalue weighted by molar-refractivity contribution is 5.92. The molecule has 3 N–H and O–H groups in total. The molecular weight excluding hydrogens is 494 g/mol. The molecule has 0 spiro atoms. The summed E-state index contributed by atoms with van der Waals surface area (Å²) in [7, 11) is 0. The minimum absolute atomic E-state index is 0.100. The van der Waals surface area contributed by atoms with Crippen molar-refractivity contribution >= 4 is 17.9 Å². The van der Waals surface area contributed by atoms with Crippen molar-refractivity contribution in [2.24, 2.45) is 0 Å². The van der Waals surface area contributed by atoms with Crippen molar-refractivity contribution in [1.82, 2.24) is 15.5 Å². The van der Waals surface area contributed by atoms with Gasteiger partial charge in [0.2, 0.25) is 11.8 Å². The Morgan fingerprint density at radius 3 is 2.00 bits per heavy atom. The first-order chi connectivity index (χ1) is 18.1. The predicted molar refractivity (Wildman–Crippen MR) is 154 cm³/mol. The number of nitrogens with one attached hydrogen (secondary N) is 2. The molecule has 0 heterocycles. The molecule has 0 aliphatic rings. The van der Waals surface area contributed by atoms with Crippen molar-refractivity contribution in [1.29, 1.82) is 0 Å². The fourth-order valence-electron chi connectivity index (χ4n) is 4.46. The van der Waals surface area contributed by atoms with E-state index in [-0.39, 0.29) is 30.2 Å². The van der Waals surface area contributed by atoms with Gasteiger partial charge in [0.15, 0.2) is 0 Å². The van der Waals surface area contributed by atoms with Gasteiger partial charge in [-0.25, -0.2) is 4.79 Å². The maximum Gasteiger partial charge on any atom is 0.408 e. The van der Waals surface area contributed by atoms with Crippen LogP contribution >= 0.6 is 0 Å². The number of phenols is 1. The lowest BCUT2D eigenvalue weighted by atomic mass is 9.95. The second kappa shape index (κ2) is 13.5. The Morgan fingerprint density at radius 2 is 1.51 bits per heavy atom. The van der Waals surface area contributed by atoms with Gasteiger partial charge in [-0.2, -0.15) is 0 Å². The van der Waals surface area contributed by atoms with Crippen molar-refractivity contribution in [2.75, 3.05) is 0 Å². The molecule has 2 aromatic rings. The predicted octanol–water partition coefficient (Wildman–Crippen LogP) is 5.34. The Labute approximate surface area is 233 Å². The van der Waals surface area contributed by atoms with E-state index < -0.39 is 29.7 Å². The molecule has 3 atom stereocenters. The van der Waals surface area contributed by atoms with Crippen LogP contribution in [0.25, 0.3) is 0 Å². The highest BCUT2D eigenvalue weighted by Crippen LogP contribution is 2.28. The lowest BCUT2D eigenvalue weighted by Gasteiger charge is -2.38. The van der Waals surface area contributed by atoms with E-state index in [2.05, 4.69) is 10.6 Å². The van der Waals surface area contributed by atoms with Crippen molar-refractivity contribution in [3.63, 3.8) is 0 Å². The molecule has 8 heteroatoms. The van der Waals surface area contributed by atoms with Crippen LogP contribution in [0.3, 0.4) is 0 Å². The van der Waals surface area contributed by atoms with Gasteiger partial charge < -0.3 is 25.4 Å². The van der Waals surface area contributed by atoms with Gasteiger partial charge in [0.05, 0.1) is 0 Å². The first-order valence-corrected chi connectivity index (χ1v) is 13.6. The Kier molecular flexibility index (Phi) is 11.0. The summed E-state index contributed by atoms with van der Waals surface area (Å²) in [6.45, 7) is 16.8. The molecule has 0 saturated heterocycles. The van der Waals surface area contributed by atoms with Gasteiger partial charge in [-0.3, -0.25) is 9.59 Å². The molecule has 0 radical (unpaired) electrons. The number of ether oxygens (including phenoxy) is 1. The molecule has 0 aliphatic heterocycles. The van der Waals surface area contributed by atoms with E-state index in [0.717, 1.165) is 16.7 Å². The summed E-state index contributed by atoms with van der Waals surface area (Å²) in [6.07, 6.45) is 0.0233. The van der Waals surface area contributed by atoms with Crippen LogP contribution in [-0.2, 0) is 20.7 Å². The van der Waals surface area contributed by atoms with Gasteiger partial charge in [-0.05, 0) is 85.1 Å². The average Bonchev–Trinajstić information content (AvgIpc) is 2.80. The molecule has 8 nitrogen and oxygen atoms in total. The smallest absolute Gasteiger partial charge is 0.408 e. The lowest BCUT2D eigenvalue weighted by molar-refractivity contribution is -0.145. The van der Waals surface area contributed by atoms with Crippen molar-refractivity contribution in [3.05, 3.63) is 64.7 Å². The van der Waals surface area contributed by atoms with E-state index in [1.54, 1.807) is 37.8 Å². The summed E-state index contributed by atoms with van der Waals surface area (Å²) in [5, 5.41) is 15.5. The van der Waals surface area contributed by atoms with Crippen molar-refractivity contribution in [3.8, 4) is 5.75 Å². The molecule has 2 aromatic carbocycles. The summed E-state index contributed by atoms with van der Waals surface area (Å²) in [6, 6.07) is 9.98. The number of benzene rings is 2. The van der Waals surface area contributed by atoms with Gasteiger partial charge in [0.25, 0.3) is 0 Å². The molecule has 2 rings (SSSR count). The first-order valence-electron chi connectivity index (χ1n) is 13.6.